The molecule has 118 valence electrons. The second kappa shape index (κ2) is 7.69. The fourth-order valence-corrected chi connectivity index (χ4v) is 1.93. The molecule has 1 N–H and O–H groups in total. The summed E-state index contributed by atoms with van der Waals surface area (Å²) in [4.78, 5) is 22.1. The third kappa shape index (κ3) is 4.63. The Morgan fingerprint density at radius 3 is 2.70 bits per heavy atom. The van der Waals surface area contributed by atoms with Gasteiger partial charge in [0.15, 0.2) is 5.75 Å². The third-order valence-electron chi connectivity index (χ3n) is 3.01. The molecule has 0 bridgehead atoms. The lowest BCUT2D eigenvalue weighted by Crippen LogP contribution is -2.19. The first-order valence-electron chi connectivity index (χ1n) is 6.78. The van der Waals surface area contributed by atoms with Crippen molar-refractivity contribution < 1.29 is 14.5 Å². The molecule has 0 aromatic heterocycles. The van der Waals surface area contributed by atoms with E-state index in [0.29, 0.717) is 5.56 Å². The lowest BCUT2D eigenvalue weighted by atomic mass is 10.1. The normalized spacial score (nSPS) is 10.5. The number of hydrogen-bond donors (Lipinski definition) is 1. The van der Waals surface area contributed by atoms with Gasteiger partial charge in [0.05, 0.1) is 24.7 Å². The van der Waals surface area contributed by atoms with Crippen LogP contribution in [0.2, 0.25) is 0 Å². The molecule has 2 aromatic rings. The summed E-state index contributed by atoms with van der Waals surface area (Å²) in [7, 11) is 1.36. The molecular weight excluding hydrogens is 298 g/mol. The van der Waals surface area contributed by atoms with Gasteiger partial charge in [-0.05, 0) is 17.7 Å². The summed E-state index contributed by atoms with van der Waals surface area (Å²) >= 11 is 0. The van der Waals surface area contributed by atoms with Crippen LogP contribution in [-0.2, 0) is 11.2 Å². The van der Waals surface area contributed by atoms with E-state index in [0.717, 1.165) is 5.56 Å². The number of hydrogen-bond acceptors (Lipinski definition) is 5. The van der Waals surface area contributed by atoms with Crippen molar-refractivity contribution >= 4 is 17.8 Å². The first-order valence-corrected chi connectivity index (χ1v) is 6.78. The summed E-state index contributed by atoms with van der Waals surface area (Å²) in [5.41, 5.74) is 3.59. The number of nitro benzene ring substituents is 1. The number of nitrogens with zero attached hydrogens (tertiary/aromatic N) is 2. The average Bonchev–Trinajstić information content (AvgIpc) is 2.55. The van der Waals surface area contributed by atoms with Gasteiger partial charge in [0.1, 0.15) is 0 Å². The molecule has 0 spiro atoms. The number of methoxy groups -OCH3 is 1. The van der Waals surface area contributed by atoms with Crippen molar-refractivity contribution in [3.63, 3.8) is 0 Å². The molecular formula is C16H15N3O4. The van der Waals surface area contributed by atoms with E-state index in [1.54, 1.807) is 6.07 Å². The first-order chi connectivity index (χ1) is 11.1. The second-order valence-electron chi connectivity index (χ2n) is 4.64. The van der Waals surface area contributed by atoms with Gasteiger partial charge in [0.2, 0.25) is 5.91 Å². The largest absolute Gasteiger partial charge is 0.490 e. The topological polar surface area (TPSA) is 93.8 Å². The van der Waals surface area contributed by atoms with Crippen molar-refractivity contribution in [2.45, 2.75) is 6.42 Å². The lowest BCUT2D eigenvalue weighted by Gasteiger charge is -2.02. The molecule has 0 heterocycles. The van der Waals surface area contributed by atoms with Crippen molar-refractivity contribution in [3.05, 3.63) is 69.8 Å². The van der Waals surface area contributed by atoms with Gasteiger partial charge in [-0.2, -0.15) is 5.10 Å². The fraction of sp³-hybridized carbons (Fsp3) is 0.125. The number of carbonyl (C=O) groups excluding carboxylic acids is 1. The Balaban J connectivity index is 1.99. The Morgan fingerprint density at radius 2 is 2.04 bits per heavy atom. The molecule has 0 radical (unpaired) electrons. The Labute approximate surface area is 132 Å². The number of carbonyl (C=O) groups is 1. The molecule has 23 heavy (non-hydrogen) atoms. The van der Waals surface area contributed by atoms with Crippen LogP contribution in [0.3, 0.4) is 0 Å². The van der Waals surface area contributed by atoms with Crippen molar-refractivity contribution in [3.8, 4) is 5.75 Å². The zero-order chi connectivity index (χ0) is 16.7. The van der Waals surface area contributed by atoms with Crippen LogP contribution in [0.4, 0.5) is 5.69 Å². The number of benzene rings is 2. The van der Waals surface area contributed by atoms with Crippen LogP contribution >= 0.6 is 0 Å². The van der Waals surface area contributed by atoms with Gasteiger partial charge < -0.3 is 4.74 Å². The maximum Gasteiger partial charge on any atom is 0.311 e. The SMILES string of the molecule is COc1ccc(C=NNC(=O)Cc2ccccc2)cc1[N+](=O)[O-]. The summed E-state index contributed by atoms with van der Waals surface area (Å²) in [6.07, 6.45) is 1.55. The van der Waals surface area contributed by atoms with Crippen LogP contribution in [-0.4, -0.2) is 24.2 Å². The Hall–Kier alpha value is -3.22. The molecule has 0 saturated heterocycles. The Bertz CT molecular complexity index is 729. The summed E-state index contributed by atoms with van der Waals surface area (Å²) in [5, 5.41) is 14.7. The maximum atomic E-state index is 11.7. The van der Waals surface area contributed by atoms with E-state index in [1.165, 1.54) is 25.5 Å². The molecule has 2 rings (SSSR count). The number of amides is 1. The van der Waals surface area contributed by atoms with Gasteiger partial charge in [0.25, 0.3) is 0 Å². The summed E-state index contributed by atoms with van der Waals surface area (Å²) in [6, 6.07) is 13.7. The average molecular weight is 313 g/mol. The third-order valence-corrected chi connectivity index (χ3v) is 3.01. The molecule has 0 atom stereocenters. The summed E-state index contributed by atoms with van der Waals surface area (Å²) < 4.78 is 4.91. The lowest BCUT2D eigenvalue weighted by molar-refractivity contribution is -0.385. The molecule has 7 heteroatoms. The second-order valence-corrected chi connectivity index (χ2v) is 4.64. The highest BCUT2D eigenvalue weighted by Gasteiger charge is 2.14. The number of hydrazone groups is 1. The van der Waals surface area contributed by atoms with Crippen molar-refractivity contribution in [1.29, 1.82) is 0 Å². The van der Waals surface area contributed by atoms with Crippen LogP contribution in [0, 0.1) is 10.1 Å². The molecule has 0 fully saturated rings. The van der Waals surface area contributed by atoms with Crippen LogP contribution < -0.4 is 10.2 Å². The minimum atomic E-state index is -0.538. The number of nitrogens with one attached hydrogen (secondary N) is 1. The van der Waals surface area contributed by atoms with E-state index in [2.05, 4.69) is 10.5 Å². The van der Waals surface area contributed by atoms with Gasteiger partial charge in [0, 0.05) is 11.6 Å². The molecule has 0 unspecified atom stereocenters. The van der Waals surface area contributed by atoms with Crippen LogP contribution in [0.5, 0.6) is 5.75 Å². The molecule has 7 nitrogen and oxygen atoms in total. The number of rotatable bonds is 6. The highest BCUT2D eigenvalue weighted by Crippen LogP contribution is 2.26. The van der Waals surface area contributed by atoms with Gasteiger partial charge in [-0.1, -0.05) is 30.3 Å². The summed E-state index contributed by atoms with van der Waals surface area (Å²) in [5.74, 6) is -0.101. The monoisotopic (exact) mass is 313 g/mol. The zero-order valence-electron chi connectivity index (χ0n) is 12.4. The van der Waals surface area contributed by atoms with Crippen molar-refractivity contribution in [2.24, 2.45) is 5.10 Å². The van der Waals surface area contributed by atoms with Crippen LogP contribution in [0.25, 0.3) is 0 Å². The van der Waals surface area contributed by atoms with Crippen molar-refractivity contribution in [1.82, 2.24) is 5.43 Å². The fourth-order valence-electron chi connectivity index (χ4n) is 1.93. The Morgan fingerprint density at radius 1 is 1.30 bits per heavy atom. The minimum Gasteiger partial charge on any atom is -0.490 e. The van der Waals surface area contributed by atoms with Gasteiger partial charge in [-0.25, -0.2) is 5.43 Å². The van der Waals surface area contributed by atoms with E-state index in [1.807, 2.05) is 30.3 Å². The predicted octanol–water partition coefficient (Wildman–Crippen LogP) is 2.30. The minimum absolute atomic E-state index is 0.160. The van der Waals surface area contributed by atoms with Crippen molar-refractivity contribution in [2.75, 3.05) is 7.11 Å². The number of ether oxygens (including phenoxy) is 1. The smallest absolute Gasteiger partial charge is 0.311 e. The highest BCUT2D eigenvalue weighted by molar-refractivity contribution is 5.84. The van der Waals surface area contributed by atoms with Gasteiger partial charge in [-0.3, -0.25) is 14.9 Å². The van der Waals surface area contributed by atoms with Gasteiger partial charge in [-0.15, -0.1) is 0 Å². The zero-order valence-corrected chi connectivity index (χ0v) is 12.4. The van der Waals surface area contributed by atoms with E-state index in [9.17, 15) is 14.9 Å². The molecule has 0 aliphatic carbocycles. The standard InChI is InChI=1S/C16H15N3O4/c1-23-15-8-7-13(9-14(15)19(21)22)11-17-18-16(20)10-12-5-3-2-4-6-12/h2-9,11H,10H2,1H3,(H,18,20). The number of nitro groups is 1. The molecule has 1 amide bonds. The maximum absolute atomic E-state index is 11.7. The summed E-state index contributed by atoms with van der Waals surface area (Å²) in [6.45, 7) is 0. The molecule has 0 saturated carbocycles. The van der Waals surface area contributed by atoms with Gasteiger partial charge >= 0.3 is 5.69 Å². The predicted molar refractivity (Wildman–Crippen MR) is 85.5 cm³/mol. The molecule has 0 aliphatic rings. The highest BCUT2D eigenvalue weighted by atomic mass is 16.6. The van der Waals surface area contributed by atoms with E-state index in [-0.39, 0.29) is 23.8 Å². The van der Waals surface area contributed by atoms with Crippen LogP contribution in [0.15, 0.2) is 53.6 Å². The molecule has 2 aromatic carbocycles. The first kappa shape index (κ1) is 16.2. The van der Waals surface area contributed by atoms with E-state index in [4.69, 9.17) is 4.74 Å². The van der Waals surface area contributed by atoms with E-state index >= 15 is 0 Å². The van der Waals surface area contributed by atoms with Crippen LogP contribution in [0.1, 0.15) is 11.1 Å². The quantitative estimate of drug-likeness (QED) is 0.503. The molecule has 0 aliphatic heterocycles. The Kier molecular flexibility index (Phi) is 5.40. The van der Waals surface area contributed by atoms with E-state index < -0.39 is 4.92 Å².